The van der Waals surface area contributed by atoms with Crippen LogP contribution >= 0.6 is 11.6 Å². The molecule has 0 aromatic rings. The maximum atomic E-state index is 11.9. The van der Waals surface area contributed by atoms with Crippen LogP contribution in [0.3, 0.4) is 0 Å². The van der Waals surface area contributed by atoms with Crippen LogP contribution in [-0.2, 0) is 9.53 Å². The van der Waals surface area contributed by atoms with Crippen LogP contribution in [0.4, 0.5) is 0 Å². The summed E-state index contributed by atoms with van der Waals surface area (Å²) in [6, 6.07) is 0. The highest BCUT2D eigenvalue weighted by molar-refractivity contribution is 6.20. The van der Waals surface area contributed by atoms with E-state index in [4.69, 9.17) is 22.1 Å². The van der Waals surface area contributed by atoms with E-state index in [0.717, 1.165) is 6.42 Å². The van der Waals surface area contributed by atoms with Gasteiger partial charge in [0, 0.05) is 17.2 Å². The van der Waals surface area contributed by atoms with Crippen LogP contribution in [0.5, 0.6) is 0 Å². The fraction of sp³-hybridized carbons (Fsp3) is 0.500. The van der Waals surface area contributed by atoms with Crippen molar-refractivity contribution in [3.8, 4) is 0 Å². The van der Waals surface area contributed by atoms with Crippen LogP contribution in [0, 0.1) is 5.92 Å². The van der Waals surface area contributed by atoms with Gasteiger partial charge in [-0.05, 0) is 20.3 Å². The summed E-state index contributed by atoms with van der Waals surface area (Å²) in [6.07, 6.45) is 2.66. The van der Waals surface area contributed by atoms with Crippen molar-refractivity contribution in [1.82, 2.24) is 5.32 Å². The Morgan fingerprint density at radius 3 is 2.68 bits per heavy atom. The standard InChI is InChI=1S/C14H21ClN2O2/c1-5-10(13(15)16)7-11-8(3)12(14(18)17-11)9(4)19-6-2/h7,10,13H,3,5-6,16H2,1-2,4H3,(H,17,18)/b11-7+,12-9-. The lowest BCUT2D eigenvalue weighted by molar-refractivity contribution is -0.116. The van der Waals surface area contributed by atoms with Gasteiger partial charge in [0.2, 0.25) is 0 Å². The van der Waals surface area contributed by atoms with E-state index in [2.05, 4.69) is 11.9 Å². The number of hydrogen-bond acceptors (Lipinski definition) is 3. The van der Waals surface area contributed by atoms with Gasteiger partial charge >= 0.3 is 0 Å². The number of rotatable bonds is 5. The monoisotopic (exact) mass is 284 g/mol. The van der Waals surface area contributed by atoms with Crippen LogP contribution in [0.2, 0.25) is 0 Å². The average molecular weight is 285 g/mol. The van der Waals surface area contributed by atoms with E-state index in [1.807, 2.05) is 19.9 Å². The van der Waals surface area contributed by atoms with E-state index < -0.39 is 5.50 Å². The summed E-state index contributed by atoms with van der Waals surface area (Å²) < 4.78 is 5.37. The number of amides is 1. The fourth-order valence-electron chi connectivity index (χ4n) is 1.98. The molecule has 1 aliphatic heterocycles. The molecule has 2 atom stereocenters. The van der Waals surface area contributed by atoms with Crippen molar-refractivity contribution in [3.63, 3.8) is 0 Å². The molecule has 1 heterocycles. The number of nitrogens with two attached hydrogens (primary N) is 1. The van der Waals surface area contributed by atoms with E-state index in [-0.39, 0.29) is 11.8 Å². The molecule has 0 spiro atoms. The number of alkyl halides is 1. The fourth-order valence-corrected chi connectivity index (χ4v) is 2.24. The minimum absolute atomic E-state index is 0.0135. The number of ether oxygens (including phenoxy) is 1. The van der Waals surface area contributed by atoms with Gasteiger partial charge in [0.25, 0.3) is 5.91 Å². The number of nitrogens with one attached hydrogen (secondary N) is 1. The lowest BCUT2D eigenvalue weighted by Gasteiger charge is -2.13. The molecule has 1 aliphatic rings. The predicted octanol–water partition coefficient (Wildman–Crippen LogP) is 2.42. The molecule has 0 bridgehead atoms. The Morgan fingerprint density at radius 2 is 2.21 bits per heavy atom. The van der Waals surface area contributed by atoms with E-state index in [0.29, 0.717) is 29.2 Å². The first-order valence-corrected chi connectivity index (χ1v) is 6.82. The van der Waals surface area contributed by atoms with Crippen LogP contribution in [0.1, 0.15) is 27.2 Å². The highest BCUT2D eigenvalue weighted by Crippen LogP contribution is 2.28. The Balaban J connectivity index is 3.05. The first-order chi connectivity index (χ1) is 8.92. The van der Waals surface area contributed by atoms with Crippen molar-refractivity contribution in [2.75, 3.05) is 6.61 Å². The summed E-state index contributed by atoms with van der Waals surface area (Å²) in [5.41, 5.74) is 7.00. The van der Waals surface area contributed by atoms with Crippen LogP contribution in [0.25, 0.3) is 0 Å². The zero-order chi connectivity index (χ0) is 14.6. The Labute approximate surface area is 119 Å². The van der Waals surface area contributed by atoms with E-state index in [1.54, 1.807) is 6.92 Å². The maximum absolute atomic E-state index is 11.9. The summed E-state index contributed by atoms with van der Waals surface area (Å²) in [5.74, 6) is 0.372. The molecule has 106 valence electrons. The summed E-state index contributed by atoms with van der Waals surface area (Å²) in [4.78, 5) is 11.9. The molecule has 0 radical (unpaired) electrons. The molecule has 1 amide bonds. The number of allylic oxidation sites excluding steroid dienone is 2. The molecule has 19 heavy (non-hydrogen) atoms. The van der Waals surface area contributed by atoms with Gasteiger partial charge in [-0.1, -0.05) is 19.6 Å². The lowest BCUT2D eigenvalue weighted by atomic mass is 10.0. The predicted molar refractivity (Wildman–Crippen MR) is 77.3 cm³/mol. The zero-order valence-corrected chi connectivity index (χ0v) is 12.4. The SMILES string of the molecule is C=C1/C(=C(\C)OCC)C(=O)N/C1=C/C(CC)C(N)Cl. The van der Waals surface area contributed by atoms with Gasteiger partial charge in [-0.3, -0.25) is 4.79 Å². The molecule has 0 aromatic carbocycles. The molecule has 3 N–H and O–H groups in total. The first-order valence-electron chi connectivity index (χ1n) is 6.38. The Kier molecular flexibility index (Phi) is 5.63. The number of carbonyl (C=O) groups excluding carboxylic acids is 1. The molecule has 1 rings (SSSR count). The number of halogens is 1. The van der Waals surface area contributed by atoms with Crippen LogP contribution in [0.15, 0.2) is 35.3 Å². The van der Waals surface area contributed by atoms with Crippen LogP contribution in [-0.4, -0.2) is 18.0 Å². The second-order valence-corrected chi connectivity index (χ2v) is 4.90. The molecule has 0 saturated carbocycles. The Hall–Kier alpha value is -1.26. The van der Waals surface area contributed by atoms with E-state index in [1.165, 1.54) is 0 Å². The van der Waals surface area contributed by atoms with Crippen molar-refractivity contribution in [1.29, 1.82) is 0 Å². The molecule has 2 unspecified atom stereocenters. The Morgan fingerprint density at radius 1 is 1.58 bits per heavy atom. The summed E-state index contributed by atoms with van der Waals surface area (Å²) in [7, 11) is 0. The molecule has 1 saturated heterocycles. The van der Waals surface area contributed by atoms with Crippen molar-refractivity contribution in [2.24, 2.45) is 11.7 Å². The quantitative estimate of drug-likeness (QED) is 0.353. The molecular formula is C14H21ClN2O2. The second kappa shape index (κ2) is 6.78. The zero-order valence-electron chi connectivity index (χ0n) is 11.6. The van der Waals surface area contributed by atoms with Gasteiger partial charge < -0.3 is 15.8 Å². The third kappa shape index (κ3) is 3.61. The summed E-state index contributed by atoms with van der Waals surface area (Å²) in [6.45, 7) is 10.1. The first kappa shape index (κ1) is 15.8. The summed E-state index contributed by atoms with van der Waals surface area (Å²) >= 11 is 5.91. The average Bonchev–Trinajstić information content (AvgIpc) is 2.61. The van der Waals surface area contributed by atoms with E-state index in [9.17, 15) is 4.79 Å². The topological polar surface area (TPSA) is 64.3 Å². The molecule has 5 heteroatoms. The van der Waals surface area contributed by atoms with E-state index >= 15 is 0 Å². The van der Waals surface area contributed by atoms with Crippen molar-refractivity contribution in [3.05, 3.63) is 35.3 Å². The summed E-state index contributed by atoms with van der Waals surface area (Å²) in [5, 5.41) is 2.78. The lowest BCUT2D eigenvalue weighted by Crippen LogP contribution is -2.23. The minimum atomic E-state index is -0.483. The smallest absolute Gasteiger partial charge is 0.259 e. The van der Waals surface area contributed by atoms with Gasteiger partial charge in [0.1, 0.15) is 5.76 Å². The van der Waals surface area contributed by atoms with Gasteiger partial charge in [-0.2, -0.15) is 0 Å². The number of hydrogen-bond donors (Lipinski definition) is 2. The van der Waals surface area contributed by atoms with Crippen molar-refractivity contribution >= 4 is 17.5 Å². The highest BCUT2D eigenvalue weighted by Gasteiger charge is 2.29. The van der Waals surface area contributed by atoms with Gasteiger partial charge in [0.15, 0.2) is 0 Å². The third-order valence-electron chi connectivity index (χ3n) is 3.08. The van der Waals surface area contributed by atoms with Gasteiger partial charge in [-0.15, -0.1) is 11.6 Å². The number of carbonyl (C=O) groups is 1. The third-order valence-corrected chi connectivity index (χ3v) is 3.40. The second-order valence-electron chi connectivity index (χ2n) is 4.39. The maximum Gasteiger partial charge on any atom is 0.259 e. The van der Waals surface area contributed by atoms with Crippen molar-refractivity contribution in [2.45, 2.75) is 32.7 Å². The van der Waals surface area contributed by atoms with Gasteiger partial charge in [-0.25, -0.2) is 0 Å². The highest BCUT2D eigenvalue weighted by atomic mass is 35.5. The van der Waals surface area contributed by atoms with Crippen LogP contribution < -0.4 is 11.1 Å². The molecule has 0 aliphatic carbocycles. The minimum Gasteiger partial charge on any atom is -0.498 e. The molecule has 0 aromatic heterocycles. The normalized spacial score (nSPS) is 23.3. The molecular weight excluding hydrogens is 264 g/mol. The van der Waals surface area contributed by atoms with Gasteiger partial charge in [0.05, 0.1) is 17.7 Å². The van der Waals surface area contributed by atoms with Crippen molar-refractivity contribution < 1.29 is 9.53 Å². The molecule has 1 fully saturated rings. The molecule has 4 nitrogen and oxygen atoms in total. The Bertz CT molecular complexity index is 439. The largest absolute Gasteiger partial charge is 0.498 e.